The molecule has 0 spiro atoms. The lowest BCUT2D eigenvalue weighted by Gasteiger charge is -2.07. The highest BCUT2D eigenvalue weighted by atomic mass is 32.2. The van der Waals surface area contributed by atoms with E-state index in [1.807, 2.05) is 48.7 Å². The van der Waals surface area contributed by atoms with Gasteiger partial charge in [-0.1, -0.05) is 66.4 Å². The molecule has 86 valence electrons. The van der Waals surface area contributed by atoms with Crippen molar-refractivity contribution in [2.75, 3.05) is 6.26 Å². The van der Waals surface area contributed by atoms with Crippen molar-refractivity contribution in [2.24, 2.45) is 0 Å². The lowest BCUT2D eigenvalue weighted by molar-refractivity contribution is 0.108. The number of hydrogen-bond donors (Lipinski definition) is 0. The van der Waals surface area contributed by atoms with Gasteiger partial charge in [0.1, 0.15) is 0 Å². The van der Waals surface area contributed by atoms with Crippen molar-refractivity contribution in [3.05, 3.63) is 71.3 Å². The molecule has 0 amide bonds. The SMILES string of the molecule is CSC(=O)c1ccccc1Cc1ccccc1. The molecule has 0 bridgehead atoms. The highest BCUT2D eigenvalue weighted by Gasteiger charge is 2.09. The van der Waals surface area contributed by atoms with E-state index in [1.165, 1.54) is 17.3 Å². The average Bonchev–Trinajstić information content (AvgIpc) is 2.40. The number of rotatable bonds is 3. The Labute approximate surface area is 106 Å². The second-order valence-electron chi connectivity index (χ2n) is 3.81. The Morgan fingerprint density at radius 3 is 2.35 bits per heavy atom. The molecule has 0 saturated carbocycles. The fourth-order valence-corrected chi connectivity index (χ4v) is 2.22. The molecule has 2 heteroatoms. The molecule has 1 nitrogen and oxygen atoms in total. The van der Waals surface area contributed by atoms with Gasteiger partial charge in [-0.3, -0.25) is 4.79 Å². The molecule has 2 rings (SSSR count). The van der Waals surface area contributed by atoms with Crippen LogP contribution in [0.5, 0.6) is 0 Å². The molecule has 2 aromatic rings. The first kappa shape index (κ1) is 11.9. The summed E-state index contributed by atoms with van der Waals surface area (Å²) in [7, 11) is 0. The van der Waals surface area contributed by atoms with Crippen LogP contribution < -0.4 is 0 Å². The topological polar surface area (TPSA) is 17.1 Å². The second kappa shape index (κ2) is 5.69. The van der Waals surface area contributed by atoms with Gasteiger partial charge in [0.15, 0.2) is 0 Å². The summed E-state index contributed by atoms with van der Waals surface area (Å²) in [6.07, 6.45) is 2.63. The van der Waals surface area contributed by atoms with Gasteiger partial charge in [0.2, 0.25) is 5.12 Å². The first-order valence-corrected chi connectivity index (χ1v) is 6.74. The van der Waals surface area contributed by atoms with Crippen molar-refractivity contribution >= 4 is 16.9 Å². The third kappa shape index (κ3) is 2.98. The van der Waals surface area contributed by atoms with Gasteiger partial charge in [0.05, 0.1) is 0 Å². The minimum atomic E-state index is 0.136. The van der Waals surface area contributed by atoms with Gasteiger partial charge in [-0.15, -0.1) is 0 Å². The maximum atomic E-state index is 11.8. The van der Waals surface area contributed by atoms with Crippen LogP contribution >= 0.6 is 11.8 Å². The van der Waals surface area contributed by atoms with Gasteiger partial charge in [0, 0.05) is 5.56 Å². The van der Waals surface area contributed by atoms with Crippen LogP contribution in [0, 0.1) is 0 Å². The summed E-state index contributed by atoms with van der Waals surface area (Å²) in [6, 6.07) is 18.0. The maximum Gasteiger partial charge on any atom is 0.219 e. The van der Waals surface area contributed by atoms with Crippen LogP contribution in [0.2, 0.25) is 0 Å². The largest absolute Gasteiger partial charge is 0.282 e. The molecule has 0 aliphatic carbocycles. The lowest BCUT2D eigenvalue weighted by Crippen LogP contribution is -2.00. The van der Waals surface area contributed by atoms with E-state index in [4.69, 9.17) is 0 Å². The zero-order chi connectivity index (χ0) is 12.1. The number of carbonyl (C=O) groups is 1. The molecule has 2 aromatic carbocycles. The summed E-state index contributed by atoms with van der Waals surface area (Å²) >= 11 is 1.26. The Kier molecular flexibility index (Phi) is 3.99. The highest BCUT2D eigenvalue weighted by Crippen LogP contribution is 2.18. The molecule has 0 aromatic heterocycles. The minimum Gasteiger partial charge on any atom is -0.282 e. The monoisotopic (exact) mass is 242 g/mol. The standard InChI is InChI=1S/C15H14OS/c1-17-15(16)14-10-6-5-9-13(14)11-12-7-3-2-4-8-12/h2-10H,11H2,1H3. The van der Waals surface area contributed by atoms with Crippen molar-refractivity contribution in [2.45, 2.75) is 6.42 Å². The van der Waals surface area contributed by atoms with E-state index >= 15 is 0 Å². The number of benzene rings is 2. The summed E-state index contributed by atoms with van der Waals surface area (Å²) < 4.78 is 0. The van der Waals surface area contributed by atoms with Gasteiger partial charge in [-0.05, 0) is 23.8 Å². The predicted octanol–water partition coefficient (Wildman–Crippen LogP) is 3.78. The van der Waals surface area contributed by atoms with E-state index < -0.39 is 0 Å². The maximum absolute atomic E-state index is 11.8. The smallest absolute Gasteiger partial charge is 0.219 e. The van der Waals surface area contributed by atoms with Crippen LogP contribution in [0.3, 0.4) is 0 Å². The Bertz CT molecular complexity index is 505. The van der Waals surface area contributed by atoms with Crippen LogP contribution in [-0.2, 0) is 6.42 Å². The van der Waals surface area contributed by atoms with Crippen LogP contribution in [0.25, 0.3) is 0 Å². The Morgan fingerprint density at radius 2 is 1.65 bits per heavy atom. The number of carbonyl (C=O) groups excluding carboxylic acids is 1. The van der Waals surface area contributed by atoms with Crippen molar-refractivity contribution in [1.82, 2.24) is 0 Å². The third-order valence-corrected chi connectivity index (χ3v) is 3.25. The molecular formula is C15H14OS. The second-order valence-corrected chi connectivity index (χ2v) is 4.59. The van der Waals surface area contributed by atoms with Crippen molar-refractivity contribution < 1.29 is 4.79 Å². The van der Waals surface area contributed by atoms with Crippen LogP contribution in [0.4, 0.5) is 0 Å². The molecule has 0 unspecified atom stereocenters. The summed E-state index contributed by atoms with van der Waals surface area (Å²) in [5.74, 6) is 0. The van der Waals surface area contributed by atoms with Gasteiger partial charge in [-0.25, -0.2) is 0 Å². The molecule has 0 radical (unpaired) electrons. The van der Waals surface area contributed by atoms with Gasteiger partial charge >= 0.3 is 0 Å². The van der Waals surface area contributed by atoms with Gasteiger partial charge in [0.25, 0.3) is 0 Å². The van der Waals surface area contributed by atoms with E-state index in [0.29, 0.717) is 0 Å². The van der Waals surface area contributed by atoms with Crippen LogP contribution in [0.15, 0.2) is 54.6 Å². The Balaban J connectivity index is 2.30. The zero-order valence-corrected chi connectivity index (χ0v) is 10.5. The van der Waals surface area contributed by atoms with Crippen molar-refractivity contribution in [1.29, 1.82) is 0 Å². The molecule has 0 saturated heterocycles. The van der Waals surface area contributed by atoms with Crippen molar-refractivity contribution in [3.63, 3.8) is 0 Å². The van der Waals surface area contributed by atoms with Crippen LogP contribution in [-0.4, -0.2) is 11.4 Å². The van der Waals surface area contributed by atoms with E-state index in [1.54, 1.807) is 0 Å². The highest BCUT2D eigenvalue weighted by molar-refractivity contribution is 8.13. The quantitative estimate of drug-likeness (QED) is 0.814. The first-order chi connectivity index (χ1) is 8.31. The van der Waals surface area contributed by atoms with Crippen molar-refractivity contribution in [3.8, 4) is 0 Å². The van der Waals surface area contributed by atoms with E-state index in [0.717, 1.165) is 17.5 Å². The number of hydrogen-bond acceptors (Lipinski definition) is 2. The third-order valence-electron chi connectivity index (χ3n) is 2.66. The molecular weight excluding hydrogens is 228 g/mol. The van der Waals surface area contributed by atoms with Crippen LogP contribution in [0.1, 0.15) is 21.5 Å². The first-order valence-electron chi connectivity index (χ1n) is 5.51. The van der Waals surface area contributed by atoms with Gasteiger partial charge in [-0.2, -0.15) is 0 Å². The van der Waals surface area contributed by atoms with E-state index in [9.17, 15) is 4.79 Å². The molecule has 0 fully saturated rings. The molecule has 0 aliphatic rings. The van der Waals surface area contributed by atoms with E-state index in [2.05, 4.69) is 12.1 Å². The molecule has 0 N–H and O–H groups in total. The molecule has 0 aliphatic heterocycles. The van der Waals surface area contributed by atoms with E-state index in [-0.39, 0.29) is 5.12 Å². The number of thioether (sulfide) groups is 1. The summed E-state index contributed by atoms with van der Waals surface area (Å²) in [6.45, 7) is 0. The summed E-state index contributed by atoms with van der Waals surface area (Å²) in [5, 5.41) is 0.136. The Hall–Kier alpha value is -1.54. The summed E-state index contributed by atoms with van der Waals surface area (Å²) in [4.78, 5) is 11.8. The Morgan fingerprint density at radius 1 is 1.00 bits per heavy atom. The molecule has 0 atom stereocenters. The zero-order valence-electron chi connectivity index (χ0n) is 9.72. The molecule has 0 heterocycles. The summed E-state index contributed by atoms with van der Waals surface area (Å²) in [5.41, 5.74) is 3.15. The lowest BCUT2D eigenvalue weighted by atomic mass is 10.0. The fourth-order valence-electron chi connectivity index (χ4n) is 1.80. The predicted molar refractivity (Wildman–Crippen MR) is 73.5 cm³/mol. The average molecular weight is 242 g/mol. The minimum absolute atomic E-state index is 0.136. The molecule has 17 heavy (non-hydrogen) atoms. The van der Waals surface area contributed by atoms with Gasteiger partial charge < -0.3 is 0 Å². The normalized spacial score (nSPS) is 10.2. The fraction of sp³-hybridized carbons (Fsp3) is 0.133.